The zero-order chi connectivity index (χ0) is 17.3. The highest BCUT2D eigenvalue weighted by molar-refractivity contribution is 6.31. The predicted octanol–water partition coefficient (Wildman–Crippen LogP) is 3.47. The number of fused-ring (bicyclic) bond motifs is 1. The Hall–Kier alpha value is -2.33. The molecular formula is C19H18ClNO3. The Morgan fingerprint density at radius 1 is 1.21 bits per heavy atom. The topological polar surface area (TPSA) is 46.6 Å². The lowest BCUT2D eigenvalue weighted by atomic mass is 9.89. The molecule has 4 nitrogen and oxygen atoms in total. The second-order valence-corrected chi connectivity index (χ2v) is 6.61. The van der Waals surface area contributed by atoms with Crippen molar-refractivity contribution in [2.24, 2.45) is 0 Å². The standard InChI is InChI=1S/C19H18ClNO3/c1-19(11-13-7-3-5-9-15(13)17(22)24-19)18(23)21(2)12-14-8-4-6-10-16(14)20/h3-10H,11-12H2,1-2H3. The second-order valence-electron chi connectivity index (χ2n) is 6.21. The third kappa shape index (κ3) is 3.02. The quantitative estimate of drug-likeness (QED) is 0.802. The van der Waals surface area contributed by atoms with Crippen molar-refractivity contribution in [3.8, 4) is 0 Å². The van der Waals surface area contributed by atoms with Gasteiger partial charge >= 0.3 is 5.97 Å². The van der Waals surface area contributed by atoms with E-state index in [1.807, 2.05) is 30.3 Å². The van der Waals surface area contributed by atoms with E-state index in [-0.39, 0.29) is 5.91 Å². The van der Waals surface area contributed by atoms with E-state index < -0.39 is 11.6 Å². The average molecular weight is 344 g/mol. The van der Waals surface area contributed by atoms with Gasteiger partial charge in [0.05, 0.1) is 5.56 Å². The van der Waals surface area contributed by atoms with Crippen LogP contribution in [-0.4, -0.2) is 29.4 Å². The van der Waals surface area contributed by atoms with Crippen molar-refractivity contribution in [1.29, 1.82) is 0 Å². The minimum absolute atomic E-state index is 0.245. The number of likely N-dealkylation sites (N-methyl/N-ethyl adjacent to an activating group) is 1. The van der Waals surface area contributed by atoms with Gasteiger partial charge < -0.3 is 9.64 Å². The molecule has 2 aromatic rings. The normalized spacial score (nSPS) is 19.4. The van der Waals surface area contributed by atoms with Crippen LogP contribution in [-0.2, 0) is 22.5 Å². The van der Waals surface area contributed by atoms with E-state index in [0.717, 1.165) is 11.1 Å². The number of hydrogen-bond donors (Lipinski definition) is 0. The summed E-state index contributed by atoms with van der Waals surface area (Å²) in [5.41, 5.74) is 0.995. The summed E-state index contributed by atoms with van der Waals surface area (Å²) in [4.78, 5) is 26.7. The molecule has 0 aliphatic carbocycles. The number of hydrogen-bond acceptors (Lipinski definition) is 3. The fourth-order valence-electron chi connectivity index (χ4n) is 3.01. The van der Waals surface area contributed by atoms with Crippen LogP contribution in [0.25, 0.3) is 0 Å². The molecule has 5 heteroatoms. The van der Waals surface area contributed by atoms with E-state index in [9.17, 15) is 9.59 Å². The molecule has 24 heavy (non-hydrogen) atoms. The predicted molar refractivity (Wildman–Crippen MR) is 91.9 cm³/mol. The van der Waals surface area contributed by atoms with Crippen LogP contribution in [0.1, 0.15) is 28.4 Å². The average Bonchev–Trinajstić information content (AvgIpc) is 2.56. The fourth-order valence-corrected chi connectivity index (χ4v) is 3.21. The summed E-state index contributed by atoms with van der Waals surface area (Å²) in [6.45, 7) is 2.01. The summed E-state index contributed by atoms with van der Waals surface area (Å²) in [5, 5.41) is 0.605. The van der Waals surface area contributed by atoms with Crippen LogP contribution >= 0.6 is 11.6 Å². The molecule has 0 saturated carbocycles. The number of cyclic esters (lactones) is 1. The van der Waals surface area contributed by atoms with Crippen molar-refractivity contribution >= 4 is 23.5 Å². The van der Waals surface area contributed by atoms with E-state index in [1.54, 1.807) is 37.1 Å². The Morgan fingerprint density at radius 2 is 1.88 bits per heavy atom. The van der Waals surface area contributed by atoms with Gasteiger partial charge in [-0.3, -0.25) is 4.79 Å². The lowest BCUT2D eigenvalue weighted by Gasteiger charge is -2.36. The van der Waals surface area contributed by atoms with Gasteiger partial charge in [0, 0.05) is 25.0 Å². The van der Waals surface area contributed by atoms with E-state index in [0.29, 0.717) is 23.6 Å². The molecule has 1 aliphatic heterocycles. The van der Waals surface area contributed by atoms with Gasteiger partial charge in [0.15, 0.2) is 5.60 Å². The molecule has 0 fully saturated rings. The monoisotopic (exact) mass is 343 g/mol. The van der Waals surface area contributed by atoms with Gasteiger partial charge in [-0.05, 0) is 30.2 Å². The summed E-state index contributed by atoms with van der Waals surface area (Å²) in [6.07, 6.45) is 0.362. The Morgan fingerprint density at radius 3 is 2.62 bits per heavy atom. The molecule has 1 amide bonds. The van der Waals surface area contributed by atoms with Crippen LogP contribution in [0.4, 0.5) is 0 Å². The van der Waals surface area contributed by atoms with Crippen LogP contribution in [0, 0.1) is 0 Å². The number of benzene rings is 2. The SMILES string of the molecule is CN(Cc1ccccc1Cl)C(=O)C1(C)Cc2ccccc2C(=O)O1. The van der Waals surface area contributed by atoms with E-state index in [4.69, 9.17) is 16.3 Å². The second kappa shape index (κ2) is 6.29. The van der Waals surface area contributed by atoms with Crippen molar-refractivity contribution < 1.29 is 14.3 Å². The van der Waals surface area contributed by atoms with Crippen molar-refractivity contribution in [3.05, 3.63) is 70.2 Å². The molecule has 0 saturated heterocycles. The third-order valence-corrected chi connectivity index (χ3v) is 4.62. The van der Waals surface area contributed by atoms with Gasteiger partial charge in [0.1, 0.15) is 0 Å². The molecule has 1 aliphatic rings. The smallest absolute Gasteiger partial charge is 0.339 e. The Kier molecular flexibility index (Phi) is 4.33. The molecule has 2 aromatic carbocycles. The maximum absolute atomic E-state index is 12.9. The van der Waals surface area contributed by atoms with Gasteiger partial charge in [-0.25, -0.2) is 4.79 Å². The number of ether oxygens (including phenoxy) is 1. The molecular weight excluding hydrogens is 326 g/mol. The van der Waals surface area contributed by atoms with E-state index in [2.05, 4.69) is 0 Å². The lowest BCUT2D eigenvalue weighted by Crippen LogP contribution is -2.51. The molecule has 0 bridgehead atoms. The first-order chi connectivity index (χ1) is 11.4. The van der Waals surface area contributed by atoms with Gasteiger partial charge in [-0.1, -0.05) is 48.0 Å². The Labute approximate surface area is 146 Å². The van der Waals surface area contributed by atoms with Crippen LogP contribution in [0.2, 0.25) is 5.02 Å². The minimum Gasteiger partial charge on any atom is -0.445 e. The first-order valence-corrected chi connectivity index (χ1v) is 8.09. The van der Waals surface area contributed by atoms with Crippen molar-refractivity contribution in [1.82, 2.24) is 4.90 Å². The summed E-state index contributed by atoms with van der Waals surface area (Å²) in [7, 11) is 1.69. The summed E-state index contributed by atoms with van der Waals surface area (Å²) < 4.78 is 5.49. The third-order valence-electron chi connectivity index (χ3n) is 4.25. The maximum atomic E-state index is 12.9. The van der Waals surface area contributed by atoms with Gasteiger partial charge in [-0.15, -0.1) is 0 Å². The highest BCUT2D eigenvalue weighted by Gasteiger charge is 2.44. The zero-order valence-corrected chi connectivity index (χ0v) is 14.3. The lowest BCUT2D eigenvalue weighted by molar-refractivity contribution is -0.150. The molecule has 0 aromatic heterocycles. The Balaban J connectivity index is 1.82. The van der Waals surface area contributed by atoms with Crippen LogP contribution in [0.5, 0.6) is 0 Å². The molecule has 1 unspecified atom stereocenters. The number of amides is 1. The van der Waals surface area contributed by atoms with Crippen LogP contribution in [0.15, 0.2) is 48.5 Å². The minimum atomic E-state index is -1.21. The molecule has 3 rings (SSSR count). The summed E-state index contributed by atoms with van der Waals surface area (Å²) >= 11 is 6.16. The van der Waals surface area contributed by atoms with Crippen molar-refractivity contribution in [2.75, 3.05) is 7.05 Å². The zero-order valence-electron chi connectivity index (χ0n) is 13.6. The summed E-state index contributed by atoms with van der Waals surface area (Å²) in [5.74, 6) is -0.705. The number of halogens is 1. The first kappa shape index (κ1) is 16.5. The summed E-state index contributed by atoms with van der Waals surface area (Å²) in [6, 6.07) is 14.6. The van der Waals surface area contributed by atoms with E-state index in [1.165, 1.54) is 0 Å². The molecule has 1 atom stereocenters. The first-order valence-electron chi connectivity index (χ1n) is 7.71. The molecule has 0 spiro atoms. The van der Waals surface area contributed by atoms with Crippen molar-refractivity contribution in [2.45, 2.75) is 25.5 Å². The van der Waals surface area contributed by atoms with E-state index >= 15 is 0 Å². The number of carbonyl (C=O) groups excluding carboxylic acids is 2. The maximum Gasteiger partial charge on any atom is 0.339 e. The molecule has 1 heterocycles. The molecule has 124 valence electrons. The fraction of sp³-hybridized carbons (Fsp3) is 0.263. The number of esters is 1. The van der Waals surface area contributed by atoms with Crippen LogP contribution in [0.3, 0.4) is 0 Å². The highest BCUT2D eigenvalue weighted by atomic mass is 35.5. The molecule has 0 N–H and O–H groups in total. The van der Waals surface area contributed by atoms with Gasteiger partial charge in [0.25, 0.3) is 5.91 Å². The number of carbonyl (C=O) groups is 2. The van der Waals surface area contributed by atoms with Gasteiger partial charge in [-0.2, -0.15) is 0 Å². The number of rotatable bonds is 3. The Bertz CT molecular complexity index is 805. The number of nitrogens with zero attached hydrogens (tertiary/aromatic N) is 1. The molecule has 0 radical (unpaired) electrons. The van der Waals surface area contributed by atoms with Crippen LogP contribution < -0.4 is 0 Å². The van der Waals surface area contributed by atoms with Crippen molar-refractivity contribution in [3.63, 3.8) is 0 Å². The largest absolute Gasteiger partial charge is 0.445 e. The van der Waals surface area contributed by atoms with Gasteiger partial charge in [0.2, 0.25) is 0 Å². The highest BCUT2D eigenvalue weighted by Crippen LogP contribution is 2.30.